The van der Waals surface area contributed by atoms with Gasteiger partial charge in [-0.25, -0.2) is 0 Å². The normalized spacial score (nSPS) is 13.1. The van der Waals surface area contributed by atoms with Gasteiger partial charge in [0.25, 0.3) is 0 Å². The highest BCUT2D eigenvalue weighted by Gasteiger charge is 2.17. The molecule has 0 aliphatic heterocycles. The summed E-state index contributed by atoms with van der Waals surface area (Å²) in [5.74, 6) is 0.0310. The van der Waals surface area contributed by atoms with E-state index in [4.69, 9.17) is 5.73 Å². The highest BCUT2D eigenvalue weighted by Crippen LogP contribution is 2.02. The molecule has 0 saturated carbocycles. The average molecular weight is 263 g/mol. The van der Waals surface area contributed by atoms with Crippen molar-refractivity contribution >= 4 is 5.91 Å². The topological polar surface area (TPSA) is 67.2 Å². The molecule has 106 valence electrons. The SMILES string of the molecule is CC(C)(C)NC(=O)CC(CN)NCc1ccccc1. The second-order valence-corrected chi connectivity index (χ2v) is 5.80. The van der Waals surface area contributed by atoms with Crippen LogP contribution in [0.25, 0.3) is 0 Å². The van der Waals surface area contributed by atoms with Gasteiger partial charge in [0, 0.05) is 31.1 Å². The molecule has 0 aliphatic carbocycles. The lowest BCUT2D eigenvalue weighted by Crippen LogP contribution is -2.45. The van der Waals surface area contributed by atoms with Crippen molar-refractivity contribution < 1.29 is 4.79 Å². The van der Waals surface area contributed by atoms with Gasteiger partial charge >= 0.3 is 0 Å². The summed E-state index contributed by atoms with van der Waals surface area (Å²) in [6.07, 6.45) is 0.403. The van der Waals surface area contributed by atoms with Crippen molar-refractivity contribution in [3.63, 3.8) is 0 Å². The van der Waals surface area contributed by atoms with Crippen molar-refractivity contribution in [3.05, 3.63) is 35.9 Å². The maximum absolute atomic E-state index is 11.8. The molecule has 19 heavy (non-hydrogen) atoms. The summed E-state index contributed by atoms with van der Waals surface area (Å²) < 4.78 is 0. The van der Waals surface area contributed by atoms with E-state index in [0.29, 0.717) is 13.0 Å². The zero-order chi connectivity index (χ0) is 14.3. The Morgan fingerprint density at radius 1 is 1.26 bits per heavy atom. The van der Waals surface area contributed by atoms with E-state index in [-0.39, 0.29) is 17.5 Å². The lowest BCUT2D eigenvalue weighted by molar-refractivity contribution is -0.122. The minimum Gasteiger partial charge on any atom is -0.351 e. The zero-order valence-corrected chi connectivity index (χ0v) is 12.1. The molecule has 0 bridgehead atoms. The third kappa shape index (κ3) is 6.94. The minimum absolute atomic E-state index is 0.00237. The van der Waals surface area contributed by atoms with Gasteiger partial charge in [0.1, 0.15) is 0 Å². The largest absolute Gasteiger partial charge is 0.351 e. The molecular weight excluding hydrogens is 238 g/mol. The van der Waals surface area contributed by atoms with Crippen LogP contribution < -0.4 is 16.4 Å². The van der Waals surface area contributed by atoms with E-state index in [1.165, 1.54) is 5.56 Å². The van der Waals surface area contributed by atoms with E-state index in [9.17, 15) is 4.79 Å². The summed E-state index contributed by atoms with van der Waals surface area (Å²) in [7, 11) is 0. The fourth-order valence-electron chi connectivity index (χ4n) is 1.79. The van der Waals surface area contributed by atoms with E-state index in [1.54, 1.807) is 0 Å². The Morgan fingerprint density at radius 3 is 2.42 bits per heavy atom. The van der Waals surface area contributed by atoms with Gasteiger partial charge in [-0.1, -0.05) is 30.3 Å². The Bertz CT molecular complexity index is 384. The average Bonchev–Trinajstić information content (AvgIpc) is 2.33. The number of rotatable bonds is 6. The van der Waals surface area contributed by atoms with Gasteiger partial charge in [0.05, 0.1) is 0 Å². The smallest absolute Gasteiger partial charge is 0.222 e. The van der Waals surface area contributed by atoms with Gasteiger partial charge in [-0.3, -0.25) is 4.79 Å². The number of hydrogen-bond donors (Lipinski definition) is 3. The third-order valence-electron chi connectivity index (χ3n) is 2.67. The fraction of sp³-hybridized carbons (Fsp3) is 0.533. The number of carbonyl (C=O) groups excluding carboxylic acids is 1. The van der Waals surface area contributed by atoms with E-state index in [1.807, 2.05) is 39.0 Å². The van der Waals surface area contributed by atoms with Crippen molar-refractivity contribution in [1.82, 2.24) is 10.6 Å². The van der Waals surface area contributed by atoms with Crippen molar-refractivity contribution in [3.8, 4) is 0 Å². The van der Waals surface area contributed by atoms with Gasteiger partial charge in [0.2, 0.25) is 5.91 Å². The second-order valence-electron chi connectivity index (χ2n) is 5.80. The highest BCUT2D eigenvalue weighted by atomic mass is 16.1. The molecule has 1 aromatic carbocycles. The first-order valence-electron chi connectivity index (χ1n) is 6.69. The predicted molar refractivity (Wildman–Crippen MR) is 78.6 cm³/mol. The van der Waals surface area contributed by atoms with Crippen molar-refractivity contribution in [2.24, 2.45) is 5.73 Å². The molecular formula is C15H25N3O. The summed E-state index contributed by atoms with van der Waals surface area (Å²) in [5, 5.41) is 6.26. The molecule has 4 N–H and O–H groups in total. The van der Waals surface area contributed by atoms with E-state index >= 15 is 0 Å². The monoisotopic (exact) mass is 263 g/mol. The zero-order valence-electron chi connectivity index (χ0n) is 12.1. The molecule has 0 heterocycles. The first-order chi connectivity index (χ1) is 8.90. The minimum atomic E-state index is -0.199. The molecule has 1 amide bonds. The number of nitrogens with two attached hydrogens (primary N) is 1. The molecule has 0 fully saturated rings. The fourth-order valence-corrected chi connectivity index (χ4v) is 1.79. The molecule has 0 spiro atoms. The lowest BCUT2D eigenvalue weighted by atomic mass is 10.1. The molecule has 0 aliphatic rings. The van der Waals surface area contributed by atoms with Gasteiger partial charge in [-0.15, -0.1) is 0 Å². The lowest BCUT2D eigenvalue weighted by Gasteiger charge is -2.23. The van der Waals surface area contributed by atoms with Gasteiger partial charge < -0.3 is 16.4 Å². The van der Waals surface area contributed by atoms with Crippen LogP contribution in [0.3, 0.4) is 0 Å². The van der Waals surface area contributed by atoms with E-state index in [0.717, 1.165) is 6.54 Å². The van der Waals surface area contributed by atoms with Crippen LogP contribution in [0.1, 0.15) is 32.8 Å². The van der Waals surface area contributed by atoms with Crippen molar-refractivity contribution in [2.45, 2.75) is 45.3 Å². The summed E-state index contributed by atoms with van der Waals surface area (Å²) in [6.45, 7) is 7.09. The van der Waals surface area contributed by atoms with Crippen LogP contribution in [-0.2, 0) is 11.3 Å². The molecule has 1 aromatic rings. The molecule has 0 saturated heterocycles. The quantitative estimate of drug-likeness (QED) is 0.727. The van der Waals surface area contributed by atoms with Crippen LogP contribution in [0, 0.1) is 0 Å². The third-order valence-corrected chi connectivity index (χ3v) is 2.67. The second kappa shape index (κ2) is 7.26. The number of amides is 1. The van der Waals surface area contributed by atoms with Crippen LogP contribution in [-0.4, -0.2) is 24.0 Å². The molecule has 4 heteroatoms. The van der Waals surface area contributed by atoms with Gasteiger partial charge in [-0.2, -0.15) is 0 Å². The number of carbonyl (C=O) groups is 1. The molecule has 0 aromatic heterocycles. The van der Waals surface area contributed by atoms with Crippen LogP contribution in [0.4, 0.5) is 0 Å². The first kappa shape index (κ1) is 15.7. The van der Waals surface area contributed by atoms with Crippen molar-refractivity contribution in [2.75, 3.05) is 6.54 Å². The Hall–Kier alpha value is -1.39. The first-order valence-corrected chi connectivity index (χ1v) is 6.69. The van der Waals surface area contributed by atoms with Crippen molar-refractivity contribution in [1.29, 1.82) is 0 Å². The summed E-state index contributed by atoms with van der Waals surface area (Å²) >= 11 is 0. The van der Waals surface area contributed by atoms with Crippen LogP contribution >= 0.6 is 0 Å². The summed E-state index contributed by atoms with van der Waals surface area (Å²) in [6, 6.07) is 10.1. The van der Waals surface area contributed by atoms with Crippen LogP contribution in [0.2, 0.25) is 0 Å². The highest BCUT2D eigenvalue weighted by molar-refractivity contribution is 5.77. The summed E-state index contributed by atoms with van der Waals surface area (Å²) in [4.78, 5) is 11.8. The Morgan fingerprint density at radius 2 is 1.89 bits per heavy atom. The van der Waals surface area contributed by atoms with E-state index < -0.39 is 0 Å². The maximum atomic E-state index is 11.8. The summed E-state index contributed by atoms with van der Waals surface area (Å²) in [5.41, 5.74) is 6.70. The Kier molecular flexibility index (Phi) is 5.99. The Balaban J connectivity index is 2.39. The van der Waals surface area contributed by atoms with Gasteiger partial charge in [0.15, 0.2) is 0 Å². The molecule has 1 unspecified atom stereocenters. The van der Waals surface area contributed by atoms with Gasteiger partial charge in [-0.05, 0) is 26.3 Å². The molecule has 4 nitrogen and oxygen atoms in total. The number of nitrogens with one attached hydrogen (secondary N) is 2. The standard InChI is InChI=1S/C15H25N3O/c1-15(2,3)18-14(19)9-13(10-16)17-11-12-7-5-4-6-8-12/h4-8,13,17H,9-11,16H2,1-3H3,(H,18,19). The molecule has 0 radical (unpaired) electrons. The van der Waals surface area contributed by atoms with E-state index in [2.05, 4.69) is 22.8 Å². The molecule has 1 rings (SSSR count). The maximum Gasteiger partial charge on any atom is 0.222 e. The predicted octanol–water partition coefficient (Wildman–Crippen LogP) is 1.41. The number of benzene rings is 1. The van der Waals surface area contributed by atoms with Crippen LogP contribution in [0.5, 0.6) is 0 Å². The number of hydrogen-bond acceptors (Lipinski definition) is 3. The Labute approximate surface area is 115 Å². The van der Waals surface area contributed by atoms with Crippen LogP contribution in [0.15, 0.2) is 30.3 Å². The molecule has 1 atom stereocenters.